The average molecular weight is 424 g/mol. The van der Waals surface area contributed by atoms with E-state index < -0.39 is 0 Å². The molecule has 164 valence electrons. The van der Waals surface area contributed by atoms with E-state index in [1.165, 1.54) is 4.57 Å². The first kappa shape index (κ1) is 21.5. The van der Waals surface area contributed by atoms with Gasteiger partial charge in [0.2, 0.25) is 0 Å². The van der Waals surface area contributed by atoms with E-state index in [0.717, 1.165) is 36.9 Å². The van der Waals surface area contributed by atoms with Crippen molar-refractivity contribution in [2.45, 2.75) is 39.2 Å². The molecule has 1 aliphatic rings. The molecule has 31 heavy (non-hydrogen) atoms. The molecule has 4 rings (SSSR count). The molecule has 6 heteroatoms. The van der Waals surface area contributed by atoms with Gasteiger partial charge in [-0.25, -0.2) is 4.39 Å². The van der Waals surface area contributed by atoms with Crippen molar-refractivity contribution in [1.29, 1.82) is 0 Å². The van der Waals surface area contributed by atoms with E-state index in [-0.39, 0.29) is 11.4 Å². The van der Waals surface area contributed by atoms with Gasteiger partial charge < -0.3 is 14.2 Å². The number of aryl methyl sites for hydroxylation is 1. The number of likely N-dealkylation sites (tertiary alicyclic amines) is 1. The number of hydrogen-bond acceptors (Lipinski definition) is 4. The van der Waals surface area contributed by atoms with Crippen molar-refractivity contribution in [2.24, 2.45) is 13.0 Å². The van der Waals surface area contributed by atoms with Crippen LogP contribution in [-0.4, -0.2) is 40.7 Å². The number of rotatable bonds is 5. The summed E-state index contributed by atoms with van der Waals surface area (Å²) in [6.45, 7) is 6.56. The molecule has 1 aromatic carbocycles. The summed E-state index contributed by atoms with van der Waals surface area (Å²) < 4.78 is 22.5. The fraction of sp³-hybridized carbons (Fsp3) is 0.440. The summed E-state index contributed by atoms with van der Waals surface area (Å²) in [7, 11) is 3.29. The number of aromatic nitrogens is 2. The van der Waals surface area contributed by atoms with Crippen molar-refractivity contribution in [3.63, 3.8) is 0 Å². The molecule has 0 radical (unpaired) electrons. The first-order valence-electron chi connectivity index (χ1n) is 10.9. The van der Waals surface area contributed by atoms with E-state index >= 15 is 4.39 Å². The number of nitrogens with zero attached hydrogens (tertiary/aromatic N) is 3. The van der Waals surface area contributed by atoms with Crippen LogP contribution in [0.5, 0.6) is 5.75 Å². The van der Waals surface area contributed by atoms with Crippen LogP contribution in [0.25, 0.3) is 21.9 Å². The lowest BCUT2D eigenvalue weighted by Crippen LogP contribution is -2.38. The Morgan fingerprint density at radius 3 is 2.65 bits per heavy atom. The maximum Gasteiger partial charge on any atom is 0.259 e. The predicted octanol–water partition coefficient (Wildman–Crippen LogP) is 4.41. The molecule has 0 spiro atoms. The highest BCUT2D eigenvalue weighted by Gasteiger charge is 2.24. The Kier molecular flexibility index (Phi) is 6.10. The normalized spacial score (nSPS) is 15.7. The summed E-state index contributed by atoms with van der Waals surface area (Å²) in [6.07, 6.45) is 7.78. The van der Waals surface area contributed by atoms with E-state index in [2.05, 4.69) is 23.7 Å². The number of methoxy groups -OCH3 is 1. The molecule has 0 unspecified atom stereocenters. The molecule has 0 bridgehead atoms. The molecule has 5 nitrogen and oxygen atoms in total. The maximum atomic E-state index is 15.4. The summed E-state index contributed by atoms with van der Waals surface area (Å²) >= 11 is 0. The number of halogens is 1. The van der Waals surface area contributed by atoms with Crippen LogP contribution in [0.15, 0.2) is 41.6 Å². The van der Waals surface area contributed by atoms with Crippen LogP contribution < -0.4 is 10.3 Å². The summed E-state index contributed by atoms with van der Waals surface area (Å²) in [5, 5.41) is 1.27. The van der Waals surface area contributed by atoms with Crippen molar-refractivity contribution in [2.75, 3.05) is 20.2 Å². The summed E-state index contributed by atoms with van der Waals surface area (Å²) in [5.74, 6) is 0.766. The summed E-state index contributed by atoms with van der Waals surface area (Å²) in [6, 6.07) is 5.81. The van der Waals surface area contributed by atoms with Gasteiger partial charge >= 0.3 is 0 Å². The van der Waals surface area contributed by atoms with Gasteiger partial charge in [-0.15, -0.1) is 0 Å². The Morgan fingerprint density at radius 1 is 1.23 bits per heavy atom. The van der Waals surface area contributed by atoms with Crippen molar-refractivity contribution in [3.8, 4) is 16.9 Å². The molecule has 2 aromatic heterocycles. The van der Waals surface area contributed by atoms with Crippen molar-refractivity contribution in [3.05, 3.63) is 58.5 Å². The third kappa shape index (κ3) is 4.22. The van der Waals surface area contributed by atoms with Gasteiger partial charge in [-0.3, -0.25) is 9.78 Å². The van der Waals surface area contributed by atoms with Gasteiger partial charge in [-0.2, -0.15) is 0 Å². The van der Waals surface area contributed by atoms with Gasteiger partial charge in [0.25, 0.3) is 5.56 Å². The lowest BCUT2D eigenvalue weighted by atomic mass is 9.88. The number of benzene rings is 1. The minimum Gasteiger partial charge on any atom is -0.496 e. The van der Waals surface area contributed by atoms with Crippen molar-refractivity contribution >= 4 is 10.8 Å². The second kappa shape index (κ2) is 8.79. The third-order valence-corrected chi connectivity index (χ3v) is 6.54. The molecule has 1 fully saturated rings. The Balaban J connectivity index is 1.69. The molecule has 0 amide bonds. The zero-order chi connectivity index (χ0) is 22.1. The highest BCUT2D eigenvalue weighted by Crippen LogP contribution is 2.35. The molecule has 0 N–H and O–H groups in total. The second-order valence-electron chi connectivity index (χ2n) is 8.80. The zero-order valence-electron chi connectivity index (χ0n) is 18.7. The minimum absolute atomic E-state index is 0.122. The minimum atomic E-state index is -0.253. The third-order valence-electron chi connectivity index (χ3n) is 6.54. The fourth-order valence-electron chi connectivity index (χ4n) is 4.65. The van der Waals surface area contributed by atoms with Crippen LogP contribution in [0.3, 0.4) is 0 Å². The topological polar surface area (TPSA) is 47.4 Å². The van der Waals surface area contributed by atoms with E-state index in [0.29, 0.717) is 40.6 Å². The Morgan fingerprint density at radius 2 is 1.97 bits per heavy atom. The summed E-state index contributed by atoms with van der Waals surface area (Å²) in [5.41, 5.74) is 2.00. The van der Waals surface area contributed by atoms with Crippen LogP contribution >= 0.6 is 0 Å². The molecular formula is C25H30FN3O2. The molecule has 1 aliphatic heterocycles. The number of hydrogen-bond donors (Lipinski definition) is 0. The molecule has 0 saturated carbocycles. The quantitative estimate of drug-likeness (QED) is 0.610. The molecule has 0 aliphatic carbocycles. The van der Waals surface area contributed by atoms with Gasteiger partial charge in [-0.05, 0) is 81.3 Å². The summed E-state index contributed by atoms with van der Waals surface area (Å²) in [4.78, 5) is 19.0. The van der Waals surface area contributed by atoms with E-state index in [9.17, 15) is 4.79 Å². The Bertz CT molecular complexity index is 1150. The van der Waals surface area contributed by atoms with Crippen LogP contribution in [0.1, 0.15) is 32.3 Å². The lowest BCUT2D eigenvalue weighted by molar-refractivity contribution is 0.148. The van der Waals surface area contributed by atoms with Crippen LogP contribution in [0.4, 0.5) is 4.39 Å². The van der Waals surface area contributed by atoms with E-state index in [1.807, 2.05) is 6.07 Å². The molecule has 0 atom stereocenters. The van der Waals surface area contributed by atoms with Gasteiger partial charge in [0, 0.05) is 42.8 Å². The van der Waals surface area contributed by atoms with Crippen LogP contribution in [0, 0.1) is 11.7 Å². The Labute approximate surface area is 182 Å². The monoisotopic (exact) mass is 423 g/mol. The van der Waals surface area contributed by atoms with E-state index in [1.54, 1.807) is 44.9 Å². The zero-order valence-corrected chi connectivity index (χ0v) is 18.7. The molecular weight excluding hydrogens is 393 g/mol. The van der Waals surface area contributed by atoms with Crippen molar-refractivity contribution < 1.29 is 9.13 Å². The molecule has 1 saturated heterocycles. The first-order valence-corrected chi connectivity index (χ1v) is 10.9. The SMILES string of the molecule is COc1cc(-c2cn(C)c(=O)c3cnccc23)cc(F)c1CC1CCN(C(C)C)CC1. The lowest BCUT2D eigenvalue weighted by Gasteiger charge is -2.34. The number of piperidine rings is 1. The maximum absolute atomic E-state index is 15.4. The highest BCUT2D eigenvalue weighted by molar-refractivity contribution is 5.95. The van der Waals surface area contributed by atoms with Gasteiger partial charge in [-0.1, -0.05) is 0 Å². The van der Waals surface area contributed by atoms with E-state index in [4.69, 9.17) is 4.74 Å². The molecule has 3 heterocycles. The van der Waals surface area contributed by atoms with Gasteiger partial charge in [0.1, 0.15) is 11.6 Å². The Hall–Kier alpha value is -2.73. The number of fused-ring (bicyclic) bond motifs is 1. The largest absolute Gasteiger partial charge is 0.496 e. The number of ether oxygens (including phenoxy) is 1. The smallest absolute Gasteiger partial charge is 0.259 e. The van der Waals surface area contributed by atoms with Crippen molar-refractivity contribution in [1.82, 2.24) is 14.5 Å². The predicted molar refractivity (Wildman–Crippen MR) is 122 cm³/mol. The molecule has 3 aromatic rings. The van der Waals surface area contributed by atoms with Crippen LogP contribution in [0.2, 0.25) is 0 Å². The standard InChI is InChI=1S/C25H30FN3O2/c1-16(2)29-9-6-17(7-10-29)11-20-23(26)12-18(13-24(20)31-4)22-15-28(3)25(30)21-14-27-8-5-19(21)22/h5,8,12-17H,6-7,9-11H2,1-4H3. The fourth-order valence-corrected chi connectivity index (χ4v) is 4.65. The van der Waals surface area contributed by atoms with Gasteiger partial charge in [0.15, 0.2) is 0 Å². The van der Waals surface area contributed by atoms with Gasteiger partial charge in [0.05, 0.1) is 12.5 Å². The first-order chi connectivity index (χ1) is 14.9. The second-order valence-corrected chi connectivity index (χ2v) is 8.80. The highest BCUT2D eigenvalue weighted by atomic mass is 19.1. The number of pyridine rings is 2. The van der Waals surface area contributed by atoms with Crippen LogP contribution in [-0.2, 0) is 13.5 Å². The average Bonchev–Trinajstić information content (AvgIpc) is 2.77.